The van der Waals surface area contributed by atoms with Crippen LogP contribution in [-0.2, 0) is 27.6 Å². The molecule has 7 nitrogen and oxygen atoms in total. The molecule has 0 radical (unpaired) electrons. The zero-order chi connectivity index (χ0) is 33.5. The van der Waals surface area contributed by atoms with E-state index in [2.05, 4.69) is 33.6 Å². The van der Waals surface area contributed by atoms with Crippen LogP contribution in [-0.4, -0.2) is 39.2 Å². The lowest BCUT2D eigenvalue weighted by molar-refractivity contribution is 0.0600. The summed E-state index contributed by atoms with van der Waals surface area (Å²) >= 11 is 6.61. The van der Waals surface area contributed by atoms with Crippen molar-refractivity contribution in [2.75, 3.05) is 20.3 Å². The van der Waals surface area contributed by atoms with Gasteiger partial charge in [-0.05, 0) is 71.3 Å². The van der Waals surface area contributed by atoms with E-state index in [0.29, 0.717) is 35.8 Å². The van der Waals surface area contributed by atoms with Crippen LogP contribution in [0.2, 0.25) is 5.02 Å². The number of esters is 1. The van der Waals surface area contributed by atoms with E-state index in [-0.39, 0.29) is 17.5 Å². The molecule has 0 bridgehead atoms. The number of fused-ring (bicyclic) bond motifs is 1. The Morgan fingerprint density at radius 3 is 2.00 bits per heavy atom. The number of aromatic nitrogens is 1. The number of ether oxygens (including phenoxy) is 2. The van der Waals surface area contributed by atoms with Gasteiger partial charge in [0.05, 0.1) is 30.2 Å². The van der Waals surface area contributed by atoms with Crippen LogP contribution in [0.25, 0.3) is 10.9 Å². The van der Waals surface area contributed by atoms with Crippen LogP contribution in [0.15, 0.2) is 138 Å². The largest absolute Gasteiger partial charge is 0.493 e. The van der Waals surface area contributed by atoms with Crippen molar-refractivity contribution in [1.82, 2.24) is 9.29 Å². The highest BCUT2D eigenvalue weighted by Crippen LogP contribution is 2.38. The number of nitrogens with one attached hydrogen (secondary N) is 1. The average molecular weight is 679 g/mol. The van der Waals surface area contributed by atoms with Crippen molar-refractivity contribution in [3.05, 3.63) is 166 Å². The highest BCUT2D eigenvalue weighted by atomic mass is 35.5. The Morgan fingerprint density at radius 2 is 1.40 bits per heavy atom. The fourth-order valence-electron chi connectivity index (χ4n) is 6.08. The number of carbonyl (C=O) groups excluding carboxylic acids is 1. The van der Waals surface area contributed by atoms with Crippen LogP contribution in [0.5, 0.6) is 5.75 Å². The third-order valence-electron chi connectivity index (χ3n) is 8.27. The van der Waals surface area contributed by atoms with Crippen molar-refractivity contribution in [1.29, 1.82) is 0 Å². The van der Waals surface area contributed by atoms with Gasteiger partial charge in [0, 0.05) is 41.0 Å². The van der Waals surface area contributed by atoms with Gasteiger partial charge in [0.15, 0.2) is 0 Å². The quantitative estimate of drug-likeness (QED) is 0.126. The molecular weight excluding hydrogens is 644 g/mol. The van der Waals surface area contributed by atoms with Gasteiger partial charge in [-0.1, -0.05) is 90.5 Å². The van der Waals surface area contributed by atoms with Gasteiger partial charge in [0.25, 0.3) is 0 Å². The predicted octanol–water partition coefficient (Wildman–Crippen LogP) is 7.86. The molecule has 48 heavy (non-hydrogen) atoms. The lowest BCUT2D eigenvalue weighted by Gasteiger charge is -2.25. The molecule has 6 rings (SSSR count). The van der Waals surface area contributed by atoms with Crippen molar-refractivity contribution < 1.29 is 22.7 Å². The van der Waals surface area contributed by atoms with Crippen LogP contribution >= 0.6 is 11.6 Å². The predicted molar refractivity (Wildman–Crippen MR) is 189 cm³/mol. The van der Waals surface area contributed by atoms with E-state index in [9.17, 15) is 13.2 Å². The Morgan fingerprint density at radius 1 is 0.792 bits per heavy atom. The van der Waals surface area contributed by atoms with Gasteiger partial charge in [0.1, 0.15) is 5.75 Å². The van der Waals surface area contributed by atoms with E-state index in [1.807, 2.05) is 54.6 Å². The molecule has 0 saturated carbocycles. The first-order valence-corrected chi connectivity index (χ1v) is 17.5. The summed E-state index contributed by atoms with van der Waals surface area (Å²) in [4.78, 5) is 12.1. The molecule has 0 unspecified atom stereocenters. The molecular formula is C39H35ClN2O5S. The summed E-state index contributed by atoms with van der Waals surface area (Å²) in [6.45, 7) is 0.522. The highest BCUT2D eigenvalue weighted by Gasteiger charge is 2.26. The van der Waals surface area contributed by atoms with Gasteiger partial charge in [-0.25, -0.2) is 17.9 Å². The van der Waals surface area contributed by atoms with Crippen molar-refractivity contribution >= 4 is 38.5 Å². The number of hydrogen-bond acceptors (Lipinski definition) is 5. The van der Waals surface area contributed by atoms with Crippen LogP contribution in [0.3, 0.4) is 0 Å². The van der Waals surface area contributed by atoms with Crippen LogP contribution in [0.1, 0.15) is 38.8 Å². The molecule has 0 amide bonds. The van der Waals surface area contributed by atoms with Gasteiger partial charge in [-0.2, -0.15) is 0 Å². The fraction of sp³-hybridized carbons (Fsp3) is 0.154. The van der Waals surface area contributed by atoms with Crippen molar-refractivity contribution in [3.63, 3.8) is 0 Å². The normalized spacial score (nSPS) is 11.6. The molecule has 1 aromatic heterocycles. The first-order chi connectivity index (χ1) is 23.4. The summed E-state index contributed by atoms with van der Waals surface area (Å²) in [5, 5.41) is 1.58. The number of sulfonamides is 1. The zero-order valence-corrected chi connectivity index (χ0v) is 28.0. The molecule has 0 spiro atoms. The van der Waals surface area contributed by atoms with Gasteiger partial charge in [0.2, 0.25) is 10.0 Å². The monoisotopic (exact) mass is 678 g/mol. The van der Waals surface area contributed by atoms with E-state index < -0.39 is 16.0 Å². The van der Waals surface area contributed by atoms with E-state index in [0.717, 1.165) is 33.3 Å². The highest BCUT2D eigenvalue weighted by molar-refractivity contribution is 7.89. The van der Waals surface area contributed by atoms with Gasteiger partial charge >= 0.3 is 5.97 Å². The molecule has 0 aliphatic heterocycles. The second kappa shape index (κ2) is 14.9. The SMILES string of the molecule is COC(=O)c1ccc(OCCc2c(CCNS(=O)(=O)c3ccccc3)n(C(c3ccccc3)c3ccccc3)c3ccc(Cl)cc23)cc1. The Bertz CT molecular complexity index is 2060. The van der Waals surface area contributed by atoms with Crippen LogP contribution < -0.4 is 9.46 Å². The molecule has 244 valence electrons. The fourth-order valence-corrected chi connectivity index (χ4v) is 7.30. The van der Waals surface area contributed by atoms with E-state index in [4.69, 9.17) is 21.1 Å². The van der Waals surface area contributed by atoms with Gasteiger partial charge in [-0.15, -0.1) is 0 Å². The average Bonchev–Trinajstić information content (AvgIpc) is 3.41. The first kappa shape index (κ1) is 33.0. The van der Waals surface area contributed by atoms with Gasteiger partial charge in [-0.3, -0.25) is 0 Å². The molecule has 1 N–H and O–H groups in total. The minimum Gasteiger partial charge on any atom is -0.493 e. The Balaban J connectivity index is 1.42. The zero-order valence-electron chi connectivity index (χ0n) is 26.4. The number of methoxy groups -OCH3 is 1. The smallest absolute Gasteiger partial charge is 0.337 e. The van der Waals surface area contributed by atoms with E-state index in [1.54, 1.807) is 54.6 Å². The number of nitrogens with zero attached hydrogens (tertiary/aromatic N) is 1. The molecule has 0 aliphatic rings. The van der Waals surface area contributed by atoms with Crippen molar-refractivity contribution in [2.45, 2.75) is 23.8 Å². The number of carbonyl (C=O) groups is 1. The first-order valence-electron chi connectivity index (χ1n) is 15.6. The summed E-state index contributed by atoms with van der Waals surface area (Å²) < 4.78 is 42.5. The molecule has 0 saturated heterocycles. The van der Waals surface area contributed by atoms with E-state index in [1.165, 1.54) is 7.11 Å². The molecule has 0 aliphatic carbocycles. The summed E-state index contributed by atoms with van der Waals surface area (Å²) in [5.41, 5.74) is 5.61. The number of halogens is 1. The second-order valence-electron chi connectivity index (χ2n) is 11.3. The number of benzene rings is 5. The van der Waals surface area contributed by atoms with Crippen LogP contribution in [0, 0.1) is 0 Å². The Kier molecular flexibility index (Phi) is 10.3. The molecule has 5 aromatic carbocycles. The summed E-state index contributed by atoms with van der Waals surface area (Å²) in [5.74, 6) is 0.207. The van der Waals surface area contributed by atoms with Crippen molar-refractivity contribution in [3.8, 4) is 5.75 Å². The van der Waals surface area contributed by atoms with E-state index >= 15 is 0 Å². The molecule has 1 heterocycles. The minimum absolute atomic E-state index is 0.181. The molecule has 0 fully saturated rings. The molecule has 6 aromatic rings. The maximum Gasteiger partial charge on any atom is 0.337 e. The maximum absolute atomic E-state index is 13.2. The number of rotatable bonds is 13. The summed E-state index contributed by atoms with van der Waals surface area (Å²) in [7, 11) is -2.37. The third kappa shape index (κ3) is 7.31. The topological polar surface area (TPSA) is 86.6 Å². The summed E-state index contributed by atoms with van der Waals surface area (Å²) in [6, 6.07) is 41.5. The lowest BCUT2D eigenvalue weighted by Crippen LogP contribution is -2.27. The lowest BCUT2D eigenvalue weighted by atomic mass is 9.97. The Hall–Kier alpha value is -4.89. The van der Waals surface area contributed by atoms with Crippen LogP contribution in [0.4, 0.5) is 0 Å². The third-order valence-corrected chi connectivity index (χ3v) is 9.99. The number of hydrogen-bond donors (Lipinski definition) is 1. The van der Waals surface area contributed by atoms with Gasteiger partial charge < -0.3 is 14.0 Å². The standard InChI is InChI=1S/C39H35ClN2O5S/c1-46-39(43)30-17-20-32(21-18-30)47-26-24-34-35-27-31(40)19-22-36(35)42(37(34)23-25-41-48(44,45)33-15-9-4-10-16-33)38(28-11-5-2-6-12-28)29-13-7-3-8-14-29/h2-22,27,38,41H,23-26H2,1H3. The van der Waals surface area contributed by atoms with Crippen molar-refractivity contribution in [2.24, 2.45) is 0 Å². The summed E-state index contributed by atoms with van der Waals surface area (Å²) in [6.07, 6.45) is 0.942. The minimum atomic E-state index is -3.72. The Labute approximate surface area is 285 Å². The molecule has 0 atom stereocenters. The maximum atomic E-state index is 13.2. The molecule has 9 heteroatoms. The second-order valence-corrected chi connectivity index (χ2v) is 13.5.